The SMILES string of the molecule is CCNC(c1ccc(OC(C)C)cc1)c1ccccn1. The summed E-state index contributed by atoms with van der Waals surface area (Å²) < 4.78 is 5.68. The van der Waals surface area contributed by atoms with Gasteiger partial charge in [0.15, 0.2) is 0 Å². The monoisotopic (exact) mass is 270 g/mol. The Kier molecular flexibility index (Phi) is 5.13. The van der Waals surface area contributed by atoms with Gasteiger partial charge in [0.05, 0.1) is 17.8 Å². The normalized spacial score (nSPS) is 12.4. The highest BCUT2D eigenvalue weighted by molar-refractivity contribution is 5.33. The van der Waals surface area contributed by atoms with Gasteiger partial charge in [0, 0.05) is 6.20 Å². The largest absolute Gasteiger partial charge is 0.491 e. The lowest BCUT2D eigenvalue weighted by atomic mass is 10.0. The lowest BCUT2D eigenvalue weighted by Gasteiger charge is -2.18. The third-order valence-electron chi connectivity index (χ3n) is 2.98. The van der Waals surface area contributed by atoms with Gasteiger partial charge in [-0.2, -0.15) is 0 Å². The van der Waals surface area contributed by atoms with Crippen molar-refractivity contribution in [3.63, 3.8) is 0 Å². The van der Waals surface area contributed by atoms with Gasteiger partial charge in [0.2, 0.25) is 0 Å². The third kappa shape index (κ3) is 3.81. The van der Waals surface area contributed by atoms with Gasteiger partial charge in [0.25, 0.3) is 0 Å². The Morgan fingerprint density at radius 2 is 1.85 bits per heavy atom. The van der Waals surface area contributed by atoms with Crippen LogP contribution in [0.25, 0.3) is 0 Å². The maximum Gasteiger partial charge on any atom is 0.119 e. The zero-order valence-corrected chi connectivity index (χ0v) is 12.3. The number of benzene rings is 1. The number of hydrogen-bond acceptors (Lipinski definition) is 3. The number of nitrogens with zero attached hydrogens (tertiary/aromatic N) is 1. The molecule has 1 heterocycles. The maximum atomic E-state index is 5.68. The maximum absolute atomic E-state index is 5.68. The molecule has 3 heteroatoms. The average molecular weight is 270 g/mol. The summed E-state index contributed by atoms with van der Waals surface area (Å²) in [4.78, 5) is 4.45. The van der Waals surface area contributed by atoms with Gasteiger partial charge in [-0.3, -0.25) is 4.98 Å². The molecule has 1 atom stereocenters. The minimum atomic E-state index is 0.120. The Bertz CT molecular complexity index is 508. The van der Waals surface area contributed by atoms with E-state index in [9.17, 15) is 0 Å². The van der Waals surface area contributed by atoms with Gasteiger partial charge in [-0.05, 0) is 50.2 Å². The highest BCUT2D eigenvalue weighted by atomic mass is 16.5. The second kappa shape index (κ2) is 7.06. The summed E-state index contributed by atoms with van der Waals surface area (Å²) in [6, 6.07) is 14.3. The van der Waals surface area contributed by atoms with E-state index in [0.29, 0.717) is 0 Å². The van der Waals surface area contributed by atoms with Crippen LogP contribution in [-0.2, 0) is 0 Å². The van der Waals surface area contributed by atoms with E-state index >= 15 is 0 Å². The van der Waals surface area contributed by atoms with Crippen molar-refractivity contribution in [2.24, 2.45) is 0 Å². The van der Waals surface area contributed by atoms with Crippen LogP contribution in [0.4, 0.5) is 0 Å². The molecule has 0 radical (unpaired) electrons. The summed E-state index contributed by atoms with van der Waals surface area (Å²) in [5, 5.41) is 3.47. The first-order valence-corrected chi connectivity index (χ1v) is 7.11. The fraction of sp³-hybridized carbons (Fsp3) is 0.353. The molecule has 0 aliphatic rings. The summed E-state index contributed by atoms with van der Waals surface area (Å²) in [6.07, 6.45) is 2.02. The first-order valence-electron chi connectivity index (χ1n) is 7.11. The second-order valence-corrected chi connectivity index (χ2v) is 4.98. The van der Waals surface area contributed by atoms with Gasteiger partial charge in [-0.25, -0.2) is 0 Å². The van der Waals surface area contributed by atoms with Gasteiger partial charge in [-0.1, -0.05) is 25.1 Å². The minimum Gasteiger partial charge on any atom is -0.491 e. The number of pyridine rings is 1. The van der Waals surface area contributed by atoms with Gasteiger partial charge in [0.1, 0.15) is 5.75 Å². The van der Waals surface area contributed by atoms with Gasteiger partial charge < -0.3 is 10.1 Å². The first kappa shape index (κ1) is 14.5. The molecule has 1 N–H and O–H groups in total. The van der Waals surface area contributed by atoms with Crippen LogP contribution in [0.2, 0.25) is 0 Å². The van der Waals surface area contributed by atoms with Crippen molar-refractivity contribution in [2.75, 3.05) is 6.54 Å². The molecule has 0 saturated heterocycles. The quantitative estimate of drug-likeness (QED) is 0.871. The molecule has 0 spiro atoms. The van der Waals surface area contributed by atoms with Crippen LogP contribution in [-0.4, -0.2) is 17.6 Å². The summed E-state index contributed by atoms with van der Waals surface area (Å²) in [5.41, 5.74) is 2.23. The zero-order chi connectivity index (χ0) is 14.4. The summed E-state index contributed by atoms with van der Waals surface area (Å²) >= 11 is 0. The Labute approximate surface area is 121 Å². The van der Waals surface area contributed by atoms with Crippen LogP contribution in [0, 0.1) is 0 Å². The van der Waals surface area contributed by atoms with Crippen LogP contribution in [0.3, 0.4) is 0 Å². The Balaban J connectivity index is 2.21. The second-order valence-electron chi connectivity index (χ2n) is 4.98. The topological polar surface area (TPSA) is 34.1 Å². The first-order chi connectivity index (χ1) is 9.70. The Morgan fingerprint density at radius 1 is 1.10 bits per heavy atom. The highest BCUT2D eigenvalue weighted by Crippen LogP contribution is 2.23. The van der Waals surface area contributed by atoms with E-state index in [-0.39, 0.29) is 12.1 Å². The predicted molar refractivity (Wildman–Crippen MR) is 82.0 cm³/mol. The molecule has 0 fully saturated rings. The van der Waals surface area contributed by atoms with Crippen LogP contribution < -0.4 is 10.1 Å². The molecule has 1 aromatic heterocycles. The molecule has 106 valence electrons. The average Bonchev–Trinajstić information content (AvgIpc) is 2.46. The number of ether oxygens (including phenoxy) is 1. The fourth-order valence-electron chi connectivity index (χ4n) is 2.16. The van der Waals surface area contributed by atoms with Crippen LogP contribution in [0.15, 0.2) is 48.7 Å². The third-order valence-corrected chi connectivity index (χ3v) is 2.98. The molecular weight excluding hydrogens is 248 g/mol. The lowest BCUT2D eigenvalue weighted by molar-refractivity contribution is 0.242. The van der Waals surface area contributed by atoms with Crippen molar-refractivity contribution in [1.82, 2.24) is 10.3 Å². The number of aromatic nitrogens is 1. The highest BCUT2D eigenvalue weighted by Gasteiger charge is 2.13. The molecule has 0 aliphatic carbocycles. The summed E-state index contributed by atoms with van der Waals surface area (Å²) in [7, 11) is 0. The number of rotatable bonds is 6. The van der Waals surface area contributed by atoms with Crippen molar-refractivity contribution in [3.8, 4) is 5.75 Å². The van der Waals surface area contributed by atoms with E-state index in [1.807, 2.05) is 50.4 Å². The molecule has 20 heavy (non-hydrogen) atoms. The lowest BCUT2D eigenvalue weighted by Crippen LogP contribution is -2.22. The zero-order valence-electron chi connectivity index (χ0n) is 12.3. The molecule has 1 aromatic carbocycles. The van der Waals surface area contributed by atoms with Crippen molar-refractivity contribution >= 4 is 0 Å². The van der Waals surface area contributed by atoms with Crippen LogP contribution in [0.1, 0.15) is 38.1 Å². The van der Waals surface area contributed by atoms with E-state index in [1.54, 1.807) is 0 Å². The smallest absolute Gasteiger partial charge is 0.119 e. The van der Waals surface area contributed by atoms with Gasteiger partial charge >= 0.3 is 0 Å². The Morgan fingerprint density at radius 3 is 2.40 bits per heavy atom. The number of nitrogens with one attached hydrogen (secondary N) is 1. The summed E-state index contributed by atoms with van der Waals surface area (Å²) in [5.74, 6) is 0.903. The van der Waals surface area contributed by atoms with E-state index < -0.39 is 0 Å². The molecule has 2 aromatic rings. The van der Waals surface area contributed by atoms with Crippen molar-refractivity contribution in [3.05, 3.63) is 59.9 Å². The van der Waals surface area contributed by atoms with Gasteiger partial charge in [-0.15, -0.1) is 0 Å². The molecule has 0 saturated carbocycles. The summed E-state index contributed by atoms with van der Waals surface area (Å²) in [6.45, 7) is 7.06. The molecule has 0 bridgehead atoms. The van der Waals surface area contributed by atoms with Crippen molar-refractivity contribution in [1.29, 1.82) is 0 Å². The van der Waals surface area contributed by atoms with E-state index in [4.69, 9.17) is 4.74 Å². The Hall–Kier alpha value is -1.87. The molecular formula is C17H22N2O. The minimum absolute atomic E-state index is 0.120. The van der Waals surface area contributed by atoms with Crippen molar-refractivity contribution in [2.45, 2.75) is 32.9 Å². The fourth-order valence-corrected chi connectivity index (χ4v) is 2.16. The van der Waals surface area contributed by atoms with E-state index in [2.05, 4.69) is 29.4 Å². The molecule has 1 unspecified atom stereocenters. The van der Waals surface area contributed by atoms with Crippen LogP contribution in [0.5, 0.6) is 5.75 Å². The molecule has 0 aliphatic heterocycles. The molecule has 2 rings (SSSR count). The van der Waals surface area contributed by atoms with Crippen LogP contribution >= 0.6 is 0 Å². The number of hydrogen-bond donors (Lipinski definition) is 1. The van der Waals surface area contributed by atoms with E-state index in [0.717, 1.165) is 18.0 Å². The predicted octanol–water partition coefficient (Wildman–Crippen LogP) is 3.57. The van der Waals surface area contributed by atoms with E-state index in [1.165, 1.54) is 5.56 Å². The molecule has 3 nitrogen and oxygen atoms in total. The van der Waals surface area contributed by atoms with Crippen molar-refractivity contribution < 1.29 is 4.74 Å². The standard InChI is InChI=1S/C17H22N2O/c1-4-18-17(16-7-5-6-12-19-16)14-8-10-15(11-9-14)20-13(2)3/h5-13,17-18H,4H2,1-3H3. The molecule has 0 amide bonds.